The predicted molar refractivity (Wildman–Crippen MR) is 78.2 cm³/mol. The van der Waals surface area contributed by atoms with Gasteiger partial charge in [-0.1, -0.05) is 0 Å². The summed E-state index contributed by atoms with van der Waals surface area (Å²) in [6, 6.07) is 0. The van der Waals surface area contributed by atoms with Crippen molar-refractivity contribution in [3.63, 3.8) is 0 Å². The van der Waals surface area contributed by atoms with Crippen molar-refractivity contribution in [2.24, 2.45) is 0 Å². The van der Waals surface area contributed by atoms with Crippen LogP contribution in [0, 0.1) is 10.1 Å². The first-order chi connectivity index (χ1) is 11.6. The summed E-state index contributed by atoms with van der Waals surface area (Å²) in [7, 11) is 0. The Labute approximate surface area is 139 Å². The van der Waals surface area contributed by atoms with E-state index < -0.39 is 41.0 Å². The quantitative estimate of drug-likeness (QED) is 0.300. The molecule has 0 aliphatic heterocycles. The minimum absolute atomic E-state index is 0.105. The molecule has 1 aromatic heterocycles. The van der Waals surface area contributed by atoms with E-state index in [-0.39, 0.29) is 30.5 Å². The second-order valence-corrected chi connectivity index (χ2v) is 5.10. The Morgan fingerprint density at radius 3 is 2.28 bits per heavy atom. The Kier molecular flexibility index (Phi) is 7.27. The standard InChI is InChI=1S/C14H15F4N3O4/c1-8(12(15)16)3-5-20-7-10(21(23)24)11(19-20)14(22)25-6-4-9(2)13(17)18/h7H,3-6H2,1-2H3. The molecule has 0 atom stereocenters. The number of allylic oxidation sites excluding steroid dienone is 1. The number of rotatable bonds is 8. The number of esters is 1. The highest BCUT2D eigenvalue weighted by molar-refractivity contribution is 5.91. The highest BCUT2D eigenvalue weighted by Gasteiger charge is 2.27. The van der Waals surface area contributed by atoms with Crippen LogP contribution in [0.5, 0.6) is 0 Å². The highest BCUT2D eigenvalue weighted by atomic mass is 19.3. The van der Waals surface area contributed by atoms with Gasteiger partial charge in [-0.05, 0) is 31.4 Å². The van der Waals surface area contributed by atoms with Crippen molar-refractivity contribution in [1.82, 2.24) is 9.78 Å². The van der Waals surface area contributed by atoms with E-state index in [1.807, 2.05) is 0 Å². The number of hydrogen-bond donors (Lipinski definition) is 0. The Hall–Kier alpha value is -2.72. The second-order valence-electron chi connectivity index (χ2n) is 5.10. The normalized spacial score (nSPS) is 10.3. The van der Waals surface area contributed by atoms with Crippen molar-refractivity contribution in [2.75, 3.05) is 6.61 Å². The fraction of sp³-hybridized carbons (Fsp3) is 0.429. The third kappa shape index (κ3) is 6.01. The summed E-state index contributed by atoms with van der Waals surface area (Å²) in [5.41, 5.74) is -1.76. The first kappa shape index (κ1) is 20.3. The topological polar surface area (TPSA) is 87.3 Å². The maximum atomic E-state index is 12.3. The fourth-order valence-electron chi connectivity index (χ4n) is 1.64. The number of hydrogen-bond acceptors (Lipinski definition) is 5. The van der Waals surface area contributed by atoms with E-state index in [1.165, 1.54) is 6.92 Å². The Morgan fingerprint density at radius 1 is 1.20 bits per heavy atom. The number of nitro groups is 1. The second kappa shape index (κ2) is 8.94. The summed E-state index contributed by atoms with van der Waals surface area (Å²) >= 11 is 0. The minimum Gasteiger partial charge on any atom is -0.460 e. The lowest BCUT2D eigenvalue weighted by Gasteiger charge is -2.03. The lowest BCUT2D eigenvalue weighted by Crippen LogP contribution is -2.10. The molecule has 138 valence electrons. The lowest BCUT2D eigenvalue weighted by atomic mass is 10.2. The van der Waals surface area contributed by atoms with E-state index in [0.29, 0.717) is 0 Å². The number of aromatic nitrogens is 2. The Bertz CT molecular complexity index is 720. The third-order valence-corrected chi connectivity index (χ3v) is 3.20. The maximum Gasteiger partial charge on any atom is 0.366 e. The van der Waals surface area contributed by atoms with Gasteiger partial charge >= 0.3 is 11.7 Å². The molecule has 0 saturated heterocycles. The van der Waals surface area contributed by atoms with Crippen molar-refractivity contribution in [1.29, 1.82) is 0 Å². The van der Waals surface area contributed by atoms with Crippen LogP contribution in [0.2, 0.25) is 0 Å². The number of halogens is 4. The van der Waals surface area contributed by atoms with Gasteiger partial charge in [0.2, 0.25) is 5.69 Å². The van der Waals surface area contributed by atoms with E-state index >= 15 is 0 Å². The van der Waals surface area contributed by atoms with Gasteiger partial charge in [0, 0.05) is 13.0 Å². The molecule has 1 aromatic rings. The summed E-state index contributed by atoms with van der Waals surface area (Å²) in [5.74, 6) is -1.15. The summed E-state index contributed by atoms with van der Waals surface area (Å²) in [5, 5.41) is 14.6. The van der Waals surface area contributed by atoms with Gasteiger partial charge in [0.25, 0.3) is 12.2 Å². The van der Waals surface area contributed by atoms with E-state index in [0.717, 1.165) is 17.8 Å². The van der Waals surface area contributed by atoms with Gasteiger partial charge in [-0.15, -0.1) is 0 Å². The SMILES string of the molecule is CC(CCOC(=O)c1nn(CCC(C)=C(F)F)cc1[N+](=O)[O-])=C(F)F. The molecule has 0 aliphatic carbocycles. The summed E-state index contributed by atoms with van der Waals surface area (Å²) in [6.45, 7) is 1.84. The molecule has 0 saturated carbocycles. The predicted octanol–water partition coefficient (Wildman–Crippen LogP) is 4.07. The van der Waals surface area contributed by atoms with Gasteiger partial charge in [0.1, 0.15) is 6.20 Å². The molecule has 0 bridgehead atoms. The third-order valence-electron chi connectivity index (χ3n) is 3.20. The lowest BCUT2D eigenvalue weighted by molar-refractivity contribution is -0.385. The van der Waals surface area contributed by atoms with Gasteiger partial charge in [0.05, 0.1) is 11.5 Å². The first-order valence-corrected chi connectivity index (χ1v) is 7.04. The summed E-state index contributed by atoms with van der Waals surface area (Å²) in [6.07, 6.45) is -3.18. The van der Waals surface area contributed by atoms with Crippen LogP contribution in [0.15, 0.2) is 29.5 Å². The van der Waals surface area contributed by atoms with Crippen molar-refractivity contribution in [3.05, 3.63) is 45.3 Å². The van der Waals surface area contributed by atoms with E-state index in [1.54, 1.807) is 0 Å². The molecule has 0 fully saturated rings. The molecule has 0 unspecified atom stereocenters. The average Bonchev–Trinajstić information content (AvgIpc) is 2.96. The molecule has 11 heteroatoms. The van der Waals surface area contributed by atoms with Crippen LogP contribution in [0.3, 0.4) is 0 Å². The van der Waals surface area contributed by atoms with Crippen LogP contribution < -0.4 is 0 Å². The summed E-state index contributed by atoms with van der Waals surface area (Å²) < 4.78 is 54.8. The Morgan fingerprint density at radius 2 is 1.76 bits per heavy atom. The van der Waals surface area contributed by atoms with Crippen molar-refractivity contribution in [2.45, 2.75) is 33.2 Å². The van der Waals surface area contributed by atoms with Crippen LogP contribution in [0.25, 0.3) is 0 Å². The molecule has 0 aromatic carbocycles. The van der Waals surface area contributed by atoms with Crippen LogP contribution in [-0.2, 0) is 11.3 Å². The zero-order chi connectivity index (χ0) is 19.1. The number of ether oxygens (including phenoxy) is 1. The molecular formula is C14H15F4N3O4. The van der Waals surface area contributed by atoms with Crippen LogP contribution in [0.1, 0.15) is 37.2 Å². The number of carbonyl (C=O) groups is 1. The monoisotopic (exact) mass is 365 g/mol. The molecule has 0 N–H and O–H groups in total. The van der Waals surface area contributed by atoms with Crippen molar-refractivity contribution < 1.29 is 32.0 Å². The molecular weight excluding hydrogens is 350 g/mol. The van der Waals surface area contributed by atoms with Crippen LogP contribution >= 0.6 is 0 Å². The largest absolute Gasteiger partial charge is 0.460 e. The zero-order valence-corrected chi connectivity index (χ0v) is 13.4. The Balaban J connectivity index is 2.84. The smallest absolute Gasteiger partial charge is 0.366 e. The zero-order valence-electron chi connectivity index (χ0n) is 13.4. The van der Waals surface area contributed by atoms with Gasteiger partial charge in [-0.2, -0.15) is 22.7 Å². The van der Waals surface area contributed by atoms with E-state index in [2.05, 4.69) is 5.10 Å². The number of carbonyl (C=O) groups excluding carboxylic acids is 1. The van der Waals surface area contributed by atoms with E-state index in [9.17, 15) is 32.5 Å². The van der Waals surface area contributed by atoms with Gasteiger partial charge in [-0.25, -0.2) is 4.79 Å². The average molecular weight is 365 g/mol. The van der Waals surface area contributed by atoms with Gasteiger partial charge in [-0.3, -0.25) is 14.8 Å². The molecule has 0 spiro atoms. The highest BCUT2D eigenvalue weighted by Crippen LogP contribution is 2.20. The molecule has 1 heterocycles. The van der Waals surface area contributed by atoms with Crippen LogP contribution in [-0.4, -0.2) is 27.3 Å². The first-order valence-electron chi connectivity index (χ1n) is 7.04. The summed E-state index contributed by atoms with van der Waals surface area (Å²) in [4.78, 5) is 21.9. The van der Waals surface area contributed by atoms with Gasteiger partial charge in [0.15, 0.2) is 0 Å². The molecule has 0 amide bonds. The number of aryl methyl sites for hydroxylation is 1. The van der Waals surface area contributed by atoms with Crippen molar-refractivity contribution >= 4 is 11.7 Å². The van der Waals surface area contributed by atoms with Crippen molar-refractivity contribution in [3.8, 4) is 0 Å². The molecule has 1 rings (SSSR count). The minimum atomic E-state index is -1.89. The molecule has 25 heavy (non-hydrogen) atoms. The maximum absolute atomic E-state index is 12.3. The van der Waals surface area contributed by atoms with Gasteiger partial charge < -0.3 is 4.74 Å². The molecule has 0 radical (unpaired) electrons. The van der Waals surface area contributed by atoms with Crippen LogP contribution in [0.4, 0.5) is 23.2 Å². The molecule has 7 nitrogen and oxygen atoms in total. The molecule has 0 aliphatic rings. The fourth-order valence-corrected chi connectivity index (χ4v) is 1.64. The van der Waals surface area contributed by atoms with E-state index in [4.69, 9.17) is 4.74 Å². The number of nitrogens with zero attached hydrogens (tertiary/aromatic N) is 3.